The molecule has 0 radical (unpaired) electrons. The summed E-state index contributed by atoms with van der Waals surface area (Å²) in [5, 5.41) is 0. The second kappa shape index (κ2) is 47.7. The van der Waals surface area contributed by atoms with Crippen molar-refractivity contribution in [3.05, 3.63) is 109 Å². The lowest BCUT2D eigenvalue weighted by molar-refractivity contribution is -0.167. The summed E-state index contributed by atoms with van der Waals surface area (Å²) in [4.78, 5) is 37.8. The zero-order chi connectivity index (χ0) is 43.7. The minimum Gasteiger partial charge on any atom is -0.462 e. The first-order valence-electron chi connectivity index (χ1n) is 23.9. The number of unbranched alkanes of at least 4 members (excludes halogenated alkanes) is 14. The lowest BCUT2D eigenvalue weighted by Crippen LogP contribution is -2.30. The first-order valence-corrected chi connectivity index (χ1v) is 23.9. The largest absolute Gasteiger partial charge is 0.462 e. The van der Waals surface area contributed by atoms with Crippen molar-refractivity contribution in [3.63, 3.8) is 0 Å². The molecule has 0 bridgehead atoms. The molecule has 0 aliphatic rings. The fourth-order valence-electron chi connectivity index (χ4n) is 6.00. The van der Waals surface area contributed by atoms with Crippen LogP contribution in [-0.4, -0.2) is 37.2 Å². The van der Waals surface area contributed by atoms with Gasteiger partial charge in [-0.05, 0) is 103 Å². The Morgan fingerprint density at radius 1 is 0.367 bits per heavy atom. The molecule has 0 aliphatic carbocycles. The average molecular weight is 831 g/mol. The summed E-state index contributed by atoms with van der Waals surface area (Å²) in [6, 6.07) is 0. The SMILES string of the molecule is CC\C=C/C=C\C=C/CCCCCCCC(=O)OC(COC(=O)CCC/C=C\C/C=C\C/C=C\C/C=C\CCCCC)COC(=O)CCCCCCC/C=C\C/C=C\CC. The van der Waals surface area contributed by atoms with E-state index in [1.54, 1.807) is 0 Å². The maximum absolute atomic E-state index is 12.7. The molecule has 0 fully saturated rings. The highest BCUT2D eigenvalue weighted by atomic mass is 16.6. The van der Waals surface area contributed by atoms with Crippen LogP contribution in [0.25, 0.3) is 0 Å². The van der Waals surface area contributed by atoms with E-state index in [0.717, 1.165) is 122 Å². The normalized spacial score (nSPS) is 13.1. The van der Waals surface area contributed by atoms with E-state index in [9.17, 15) is 14.4 Å². The number of esters is 3. The van der Waals surface area contributed by atoms with Gasteiger partial charge in [-0.2, -0.15) is 0 Å². The molecule has 1 atom stereocenters. The Kier molecular flexibility index (Phi) is 44.6. The molecule has 0 aliphatic heterocycles. The Balaban J connectivity index is 4.53. The van der Waals surface area contributed by atoms with Crippen molar-refractivity contribution in [3.8, 4) is 0 Å². The number of carbonyl (C=O) groups excluding carboxylic acids is 3. The Hall–Kier alpha value is -3.93. The van der Waals surface area contributed by atoms with Crippen LogP contribution in [0.3, 0.4) is 0 Å². The van der Waals surface area contributed by atoms with Crippen LogP contribution in [0.4, 0.5) is 0 Å². The standard InChI is InChI=1S/C54H86O6/c1-4-7-10-13-16-19-22-25-26-27-28-30-32-35-38-41-44-47-53(56)59-50-51(49-58-52(55)46-43-40-37-34-31-24-21-18-15-12-9-6-3)60-54(57)48-45-42-39-36-33-29-23-20-17-14-11-8-5-2/h8-9,11-12,14,16-21,23,25-26,28,30,35,38,51H,4-7,10,13,15,22,24,27,29,31-34,36-37,39-50H2,1-3H3/b11-8-,12-9-,17-14-,19-16-,21-18-,23-20-,26-25-,30-28-,38-35-. The fraction of sp³-hybridized carbons (Fsp3) is 0.611. The van der Waals surface area contributed by atoms with Gasteiger partial charge < -0.3 is 14.2 Å². The van der Waals surface area contributed by atoms with Crippen molar-refractivity contribution < 1.29 is 28.6 Å². The highest BCUT2D eigenvalue weighted by Gasteiger charge is 2.19. The molecule has 0 aromatic carbocycles. The van der Waals surface area contributed by atoms with E-state index < -0.39 is 6.10 Å². The van der Waals surface area contributed by atoms with Crippen molar-refractivity contribution in [2.45, 2.75) is 200 Å². The molecule has 338 valence electrons. The van der Waals surface area contributed by atoms with Crippen LogP contribution >= 0.6 is 0 Å². The van der Waals surface area contributed by atoms with Gasteiger partial charge in [0.05, 0.1) is 0 Å². The van der Waals surface area contributed by atoms with E-state index in [1.165, 1.54) is 25.7 Å². The third-order valence-corrected chi connectivity index (χ3v) is 9.55. The molecule has 1 unspecified atom stereocenters. The molecule has 0 rings (SSSR count). The van der Waals surface area contributed by atoms with Crippen LogP contribution in [0.15, 0.2) is 109 Å². The predicted molar refractivity (Wildman–Crippen MR) is 256 cm³/mol. The van der Waals surface area contributed by atoms with Crippen molar-refractivity contribution in [1.29, 1.82) is 0 Å². The van der Waals surface area contributed by atoms with Crippen molar-refractivity contribution in [2.24, 2.45) is 0 Å². The first-order chi connectivity index (χ1) is 29.5. The first kappa shape index (κ1) is 56.1. The third-order valence-electron chi connectivity index (χ3n) is 9.55. The second-order valence-corrected chi connectivity index (χ2v) is 15.3. The molecule has 0 spiro atoms. The van der Waals surface area contributed by atoms with Crippen LogP contribution in [0.5, 0.6) is 0 Å². The molecule has 0 saturated heterocycles. The molecule has 6 heteroatoms. The van der Waals surface area contributed by atoms with Crippen LogP contribution < -0.4 is 0 Å². The Morgan fingerprint density at radius 3 is 1.27 bits per heavy atom. The number of ether oxygens (including phenoxy) is 3. The summed E-state index contributed by atoms with van der Waals surface area (Å²) in [5.41, 5.74) is 0. The van der Waals surface area contributed by atoms with Crippen molar-refractivity contribution in [1.82, 2.24) is 0 Å². The molecule has 0 aromatic heterocycles. The zero-order valence-corrected chi connectivity index (χ0v) is 38.4. The fourth-order valence-corrected chi connectivity index (χ4v) is 6.00. The molecule has 0 aromatic rings. The number of rotatable bonds is 41. The summed E-state index contributed by atoms with van der Waals surface area (Å²) in [6.45, 7) is 6.26. The van der Waals surface area contributed by atoms with E-state index in [2.05, 4.69) is 124 Å². The van der Waals surface area contributed by atoms with Crippen LogP contribution in [0.1, 0.15) is 194 Å². The minimum atomic E-state index is -0.817. The average Bonchev–Trinajstić information content (AvgIpc) is 3.24. The summed E-state index contributed by atoms with van der Waals surface area (Å²) >= 11 is 0. The minimum absolute atomic E-state index is 0.114. The molecule has 0 saturated carbocycles. The van der Waals surface area contributed by atoms with Crippen LogP contribution in [-0.2, 0) is 28.6 Å². The van der Waals surface area contributed by atoms with Gasteiger partial charge in [0.2, 0.25) is 0 Å². The molecule has 0 N–H and O–H groups in total. The lowest BCUT2D eigenvalue weighted by Gasteiger charge is -2.18. The predicted octanol–water partition coefficient (Wildman–Crippen LogP) is 15.6. The molecule has 0 amide bonds. The summed E-state index contributed by atoms with van der Waals surface area (Å²) in [5.74, 6) is -1.02. The maximum atomic E-state index is 12.7. The van der Waals surface area contributed by atoms with Crippen LogP contribution in [0.2, 0.25) is 0 Å². The van der Waals surface area contributed by atoms with Gasteiger partial charge >= 0.3 is 17.9 Å². The zero-order valence-electron chi connectivity index (χ0n) is 38.4. The highest BCUT2D eigenvalue weighted by molar-refractivity contribution is 5.71. The quantitative estimate of drug-likeness (QED) is 0.0201. The van der Waals surface area contributed by atoms with E-state index in [0.29, 0.717) is 12.8 Å². The second-order valence-electron chi connectivity index (χ2n) is 15.3. The van der Waals surface area contributed by atoms with Gasteiger partial charge in [-0.25, -0.2) is 0 Å². The summed E-state index contributed by atoms with van der Waals surface area (Å²) < 4.78 is 16.7. The van der Waals surface area contributed by atoms with Gasteiger partial charge in [-0.3, -0.25) is 14.4 Å². The van der Waals surface area contributed by atoms with Gasteiger partial charge in [0.1, 0.15) is 13.2 Å². The Bertz CT molecular complexity index is 1280. The molecular weight excluding hydrogens is 745 g/mol. The molecule has 0 heterocycles. The van der Waals surface area contributed by atoms with Gasteiger partial charge in [-0.1, -0.05) is 182 Å². The van der Waals surface area contributed by atoms with E-state index in [1.807, 2.05) is 6.08 Å². The van der Waals surface area contributed by atoms with Gasteiger partial charge in [0.15, 0.2) is 6.10 Å². The number of carbonyl (C=O) groups is 3. The summed E-state index contributed by atoms with van der Waals surface area (Å²) in [6.07, 6.45) is 63.6. The van der Waals surface area contributed by atoms with E-state index >= 15 is 0 Å². The van der Waals surface area contributed by atoms with Gasteiger partial charge in [0, 0.05) is 19.3 Å². The molecule has 60 heavy (non-hydrogen) atoms. The Morgan fingerprint density at radius 2 is 0.750 bits per heavy atom. The van der Waals surface area contributed by atoms with Crippen molar-refractivity contribution >= 4 is 17.9 Å². The topological polar surface area (TPSA) is 78.9 Å². The number of hydrogen-bond donors (Lipinski definition) is 0. The maximum Gasteiger partial charge on any atom is 0.306 e. The highest BCUT2D eigenvalue weighted by Crippen LogP contribution is 2.12. The lowest BCUT2D eigenvalue weighted by atomic mass is 10.1. The van der Waals surface area contributed by atoms with Crippen molar-refractivity contribution in [2.75, 3.05) is 13.2 Å². The van der Waals surface area contributed by atoms with Gasteiger partial charge in [-0.15, -0.1) is 0 Å². The Labute approximate surface area is 368 Å². The van der Waals surface area contributed by atoms with Crippen LogP contribution in [0, 0.1) is 0 Å². The van der Waals surface area contributed by atoms with Gasteiger partial charge in [0.25, 0.3) is 0 Å². The van der Waals surface area contributed by atoms with E-state index in [4.69, 9.17) is 14.2 Å². The molecular formula is C54H86O6. The summed E-state index contributed by atoms with van der Waals surface area (Å²) in [7, 11) is 0. The third kappa shape index (κ3) is 45.2. The monoisotopic (exact) mass is 831 g/mol. The smallest absolute Gasteiger partial charge is 0.306 e. The number of allylic oxidation sites excluding steroid dienone is 18. The molecule has 6 nitrogen and oxygen atoms in total. The number of hydrogen-bond acceptors (Lipinski definition) is 6. The van der Waals surface area contributed by atoms with E-state index in [-0.39, 0.29) is 44.0 Å².